The van der Waals surface area contributed by atoms with Gasteiger partial charge in [0.1, 0.15) is 0 Å². The standard InChI is InChI=1S/C8H23N5/c1-8(12,2-3-9)13(6-4-10)7-5-11/h2-7,9-12H2,1H3. The van der Waals surface area contributed by atoms with Gasteiger partial charge in [-0.05, 0) is 19.9 Å². The van der Waals surface area contributed by atoms with Gasteiger partial charge in [-0.2, -0.15) is 0 Å². The van der Waals surface area contributed by atoms with E-state index in [-0.39, 0.29) is 5.66 Å². The lowest BCUT2D eigenvalue weighted by Gasteiger charge is -2.37. The van der Waals surface area contributed by atoms with Crippen LogP contribution in [-0.2, 0) is 0 Å². The predicted octanol–water partition coefficient (Wildman–Crippen LogP) is -1.77. The van der Waals surface area contributed by atoms with Crippen LogP contribution in [0.25, 0.3) is 0 Å². The maximum Gasteiger partial charge on any atom is 0.0671 e. The number of nitrogens with zero attached hydrogens (tertiary/aromatic N) is 1. The van der Waals surface area contributed by atoms with Gasteiger partial charge in [-0.25, -0.2) is 0 Å². The summed E-state index contributed by atoms with van der Waals surface area (Å²) in [5.74, 6) is 0. The van der Waals surface area contributed by atoms with Crippen molar-refractivity contribution in [2.75, 3.05) is 32.7 Å². The van der Waals surface area contributed by atoms with Crippen LogP contribution in [0.4, 0.5) is 0 Å². The molecule has 5 heteroatoms. The minimum atomic E-state index is -0.381. The van der Waals surface area contributed by atoms with Gasteiger partial charge < -0.3 is 22.9 Å². The second kappa shape index (κ2) is 6.28. The Kier molecular flexibility index (Phi) is 6.19. The van der Waals surface area contributed by atoms with Crippen LogP contribution in [0.15, 0.2) is 0 Å². The van der Waals surface area contributed by atoms with Crippen molar-refractivity contribution < 1.29 is 0 Å². The van der Waals surface area contributed by atoms with Gasteiger partial charge in [-0.3, -0.25) is 4.90 Å². The van der Waals surface area contributed by atoms with Crippen LogP contribution in [0.3, 0.4) is 0 Å². The molecule has 0 aromatic heterocycles. The molecule has 0 fully saturated rings. The molecule has 0 saturated carbocycles. The molecule has 0 aliphatic rings. The third kappa shape index (κ3) is 4.54. The minimum absolute atomic E-state index is 0.381. The van der Waals surface area contributed by atoms with Crippen LogP contribution in [0.2, 0.25) is 0 Å². The average molecular weight is 189 g/mol. The SMILES string of the molecule is CC(N)(CCN)N(CCN)CCN. The summed E-state index contributed by atoms with van der Waals surface area (Å²) in [6.45, 7) is 5.27. The molecule has 0 aliphatic carbocycles. The van der Waals surface area contributed by atoms with E-state index in [4.69, 9.17) is 22.9 Å². The molecule has 0 aromatic carbocycles. The molecule has 0 spiro atoms. The monoisotopic (exact) mass is 189 g/mol. The lowest BCUT2D eigenvalue weighted by atomic mass is 10.1. The van der Waals surface area contributed by atoms with Crippen LogP contribution < -0.4 is 22.9 Å². The first-order valence-electron chi connectivity index (χ1n) is 4.72. The van der Waals surface area contributed by atoms with Crippen LogP contribution >= 0.6 is 0 Å². The minimum Gasteiger partial charge on any atom is -0.330 e. The maximum atomic E-state index is 6.08. The van der Waals surface area contributed by atoms with Crippen molar-refractivity contribution in [1.29, 1.82) is 0 Å². The fraction of sp³-hybridized carbons (Fsp3) is 1.00. The van der Waals surface area contributed by atoms with E-state index in [2.05, 4.69) is 4.90 Å². The fourth-order valence-corrected chi connectivity index (χ4v) is 1.38. The summed E-state index contributed by atoms with van der Waals surface area (Å²) < 4.78 is 0. The summed E-state index contributed by atoms with van der Waals surface area (Å²) >= 11 is 0. The van der Waals surface area contributed by atoms with Gasteiger partial charge in [0, 0.05) is 26.2 Å². The number of nitrogens with two attached hydrogens (primary N) is 4. The second-order valence-electron chi connectivity index (χ2n) is 3.46. The van der Waals surface area contributed by atoms with Gasteiger partial charge in [-0.1, -0.05) is 0 Å². The van der Waals surface area contributed by atoms with Crippen molar-refractivity contribution >= 4 is 0 Å². The van der Waals surface area contributed by atoms with E-state index in [1.807, 2.05) is 6.92 Å². The Labute approximate surface area is 80.4 Å². The Balaban J connectivity index is 4.13. The van der Waals surface area contributed by atoms with Gasteiger partial charge in [-0.15, -0.1) is 0 Å². The number of hydrogen-bond donors (Lipinski definition) is 4. The lowest BCUT2D eigenvalue weighted by Crippen LogP contribution is -2.57. The zero-order chi connectivity index (χ0) is 10.3. The van der Waals surface area contributed by atoms with Crippen molar-refractivity contribution in [1.82, 2.24) is 4.90 Å². The van der Waals surface area contributed by atoms with Crippen molar-refractivity contribution in [3.63, 3.8) is 0 Å². The molecular weight excluding hydrogens is 166 g/mol. The van der Waals surface area contributed by atoms with E-state index < -0.39 is 0 Å². The Hall–Kier alpha value is -0.200. The van der Waals surface area contributed by atoms with E-state index >= 15 is 0 Å². The van der Waals surface area contributed by atoms with Gasteiger partial charge in [0.05, 0.1) is 5.66 Å². The molecule has 0 aromatic rings. The number of hydrogen-bond acceptors (Lipinski definition) is 5. The highest BCUT2D eigenvalue weighted by Gasteiger charge is 2.24. The molecule has 1 unspecified atom stereocenters. The van der Waals surface area contributed by atoms with Crippen molar-refractivity contribution in [2.45, 2.75) is 19.0 Å². The normalized spacial score (nSPS) is 16.2. The smallest absolute Gasteiger partial charge is 0.0671 e. The van der Waals surface area contributed by atoms with Gasteiger partial charge in [0.2, 0.25) is 0 Å². The summed E-state index contributed by atoms with van der Waals surface area (Å²) in [6, 6.07) is 0. The Morgan fingerprint density at radius 1 is 1.00 bits per heavy atom. The van der Waals surface area contributed by atoms with E-state index in [1.165, 1.54) is 0 Å². The van der Waals surface area contributed by atoms with Crippen LogP contribution in [0.5, 0.6) is 0 Å². The molecule has 0 heterocycles. The molecule has 0 aliphatic heterocycles. The van der Waals surface area contributed by atoms with E-state index in [9.17, 15) is 0 Å². The first-order chi connectivity index (χ1) is 6.08. The number of rotatable bonds is 7. The Bertz CT molecular complexity index is 120. The van der Waals surface area contributed by atoms with E-state index in [0.29, 0.717) is 19.6 Å². The van der Waals surface area contributed by atoms with Gasteiger partial charge in [0.25, 0.3) is 0 Å². The largest absolute Gasteiger partial charge is 0.330 e. The summed E-state index contributed by atoms with van der Waals surface area (Å²) in [7, 11) is 0. The topological polar surface area (TPSA) is 107 Å². The third-order valence-corrected chi connectivity index (χ3v) is 2.17. The van der Waals surface area contributed by atoms with Gasteiger partial charge in [0.15, 0.2) is 0 Å². The van der Waals surface area contributed by atoms with Gasteiger partial charge >= 0.3 is 0 Å². The highest BCUT2D eigenvalue weighted by atomic mass is 15.3. The van der Waals surface area contributed by atoms with E-state index in [0.717, 1.165) is 19.5 Å². The zero-order valence-electron chi connectivity index (χ0n) is 8.50. The third-order valence-electron chi connectivity index (χ3n) is 2.17. The molecule has 0 bridgehead atoms. The summed E-state index contributed by atoms with van der Waals surface area (Å²) in [5.41, 5.74) is 22.1. The second-order valence-corrected chi connectivity index (χ2v) is 3.46. The molecule has 0 radical (unpaired) electrons. The summed E-state index contributed by atoms with van der Waals surface area (Å²) in [6.07, 6.45) is 0.757. The maximum absolute atomic E-state index is 6.08. The first kappa shape index (κ1) is 12.8. The fourth-order valence-electron chi connectivity index (χ4n) is 1.38. The molecule has 1 atom stereocenters. The van der Waals surface area contributed by atoms with Crippen molar-refractivity contribution in [2.24, 2.45) is 22.9 Å². The van der Waals surface area contributed by atoms with E-state index in [1.54, 1.807) is 0 Å². The molecule has 8 N–H and O–H groups in total. The molecule has 0 saturated heterocycles. The van der Waals surface area contributed by atoms with Crippen LogP contribution in [-0.4, -0.2) is 43.3 Å². The molecule has 0 amide bonds. The summed E-state index contributed by atoms with van der Waals surface area (Å²) in [4.78, 5) is 2.08. The molecule has 80 valence electrons. The lowest BCUT2D eigenvalue weighted by molar-refractivity contribution is 0.109. The molecular formula is C8H23N5. The quantitative estimate of drug-likeness (QED) is 0.355. The predicted molar refractivity (Wildman–Crippen MR) is 55.9 cm³/mol. The molecule has 0 rings (SSSR count). The van der Waals surface area contributed by atoms with Crippen LogP contribution in [0.1, 0.15) is 13.3 Å². The first-order valence-corrected chi connectivity index (χ1v) is 4.72. The molecule has 5 nitrogen and oxygen atoms in total. The zero-order valence-corrected chi connectivity index (χ0v) is 8.50. The van der Waals surface area contributed by atoms with Crippen molar-refractivity contribution in [3.8, 4) is 0 Å². The van der Waals surface area contributed by atoms with Crippen molar-refractivity contribution in [3.05, 3.63) is 0 Å². The highest BCUT2D eigenvalue weighted by Crippen LogP contribution is 2.10. The van der Waals surface area contributed by atoms with Crippen LogP contribution in [0, 0.1) is 0 Å². The molecule has 13 heavy (non-hydrogen) atoms. The Morgan fingerprint density at radius 2 is 1.46 bits per heavy atom. The average Bonchev–Trinajstić information content (AvgIpc) is 2.04. The Morgan fingerprint density at radius 3 is 1.77 bits per heavy atom. The summed E-state index contributed by atoms with van der Waals surface area (Å²) in [5, 5.41) is 0. The highest BCUT2D eigenvalue weighted by molar-refractivity contribution is 4.80.